The van der Waals surface area contributed by atoms with E-state index in [9.17, 15) is 9.18 Å². The highest BCUT2D eigenvalue weighted by atomic mass is 35.5. The van der Waals surface area contributed by atoms with Gasteiger partial charge in [0.2, 0.25) is 5.95 Å². The van der Waals surface area contributed by atoms with Gasteiger partial charge in [0.05, 0.1) is 34.5 Å². The van der Waals surface area contributed by atoms with E-state index in [-0.39, 0.29) is 5.91 Å². The molecule has 2 N–H and O–H groups in total. The number of imidazole rings is 1. The summed E-state index contributed by atoms with van der Waals surface area (Å²) in [5.41, 5.74) is 2.96. The number of nitrogens with zero attached hydrogens (tertiary/aromatic N) is 3. The SMILES string of the molecule is Cn1c(Nc2nc3ccc(Cl)cc3s2)nc2cc(C(=O)NCCOCCCF)ccc21. The zero-order valence-electron chi connectivity index (χ0n) is 16.8. The summed E-state index contributed by atoms with van der Waals surface area (Å²) in [7, 11) is 1.90. The molecule has 0 unspecified atom stereocenters. The minimum Gasteiger partial charge on any atom is -0.380 e. The van der Waals surface area contributed by atoms with Gasteiger partial charge in [-0.1, -0.05) is 22.9 Å². The van der Waals surface area contributed by atoms with Gasteiger partial charge in [-0.3, -0.25) is 9.18 Å². The molecule has 0 spiro atoms. The molecule has 0 aliphatic rings. The predicted octanol–water partition coefficient (Wildman–Crippen LogP) is 4.69. The lowest BCUT2D eigenvalue weighted by Gasteiger charge is -2.06. The fraction of sp³-hybridized carbons (Fsp3) is 0.286. The van der Waals surface area contributed by atoms with Crippen LogP contribution >= 0.6 is 22.9 Å². The maximum absolute atomic E-state index is 12.4. The van der Waals surface area contributed by atoms with Gasteiger partial charge in [-0.25, -0.2) is 9.97 Å². The molecule has 2 aromatic heterocycles. The number of fused-ring (bicyclic) bond motifs is 2. The number of carbonyl (C=O) groups is 1. The molecular weight excluding hydrogens is 441 g/mol. The maximum atomic E-state index is 12.4. The Hall–Kier alpha value is -2.75. The molecule has 0 saturated heterocycles. The van der Waals surface area contributed by atoms with Crippen LogP contribution in [0.25, 0.3) is 21.3 Å². The molecule has 2 aromatic carbocycles. The molecule has 0 radical (unpaired) electrons. The van der Waals surface area contributed by atoms with Crippen LogP contribution in [0.4, 0.5) is 15.5 Å². The van der Waals surface area contributed by atoms with Crippen molar-refractivity contribution >= 4 is 61.2 Å². The molecule has 0 bridgehead atoms. The third kappa shape index (κ3) is 4.95. The molecular formula is C21H21ClFN5O2S. The Morgan fingerprint density at radius 3 is 2.90 bits per heavy atom. The normalized spacial score (nSPS) is 11.3. The number of hydrogen-bond donors (Lipinski definition) is 2. The number of anilines is 2. The lowest BCUT2D eigenvalue weighted by atomic mass is 10.2. The van der Waals surface area contributed by atoms with E-state index in [1.165, 1.54) is 11.3 Å². The van der Waals surface area contributed by atoms with Gasteiger partial charge >= 0.3 is 0 Å². The Kier molecular flexibility index (Phi) is 6.64. The number of benzene rings is 2. The van der Waals surface area contributed by atoms with Crippen LogP contribution in [-0.2, 0) is 11.8 Å². The van der Waals surface area contributed by atoms with Crippen molar-refractivity contribution in [2.75, 3.05) is 31.7 Å². The van der Waals surface area contributed by atoms with Crippen LogP contribution in [0.5, 0.6) is 0 Å². The fourth-order valence-corrected chi connectivity index (χ4v) is 4.23. The average molecular weight is 462 g/mol. The highest BCUT2D eigenvalue weighted by Crippen LogP contribution is 2.31. The van der Waals surface area contributed by atoms with Crippen LogP contribution in [0.15, 0.2) is 36.4 Å². The Morgan fingerprint density at radius 2 is 2.06 bits per heavy atom. The molecule has 0 aliphatic heterocycles. The number of rotatable bonds is 9. The number of thiazole rings is 1. The van der Waals surface area contributed by atoms with E-state index in [0.717, 1.165) is 15.7 Å². The van der Waals surface area contributed by atoms with Gasteiger partial charge in [-0.2, -0.15) is 0 Å². The number of hydrogen-bond acceptors (Lipinski definition) is 6. The molecule has 162 valence electrons. The third-order valence-corrected chi connectivity index (χ3v) is 5.84. The van der Waals surface area contributed by atoms with Crippen molar-refractivity contribution in [2.24, 2.45) is 7.05 Å². The summed E-state index contributed by atoms with van der Waals surface area (Å²) in [6.45, 7) is 0.656. The first kappa shape index (κ1) is 21.5. The van der Waals surface area contributed by atoms with Crippen LogP contribution in [0.2, 0.25) is 5.02 Å². The molecule has 10 heteroatoms. The van der Waals surface area contributed by atoms with Crippen molar-refractivity contribution in [1.29, 1.82) is 0 Å². The molecule has 0 atom stereocenters. The summed E-state index contributed by atoms with van der Waals surface area (Å²) < 4.78 is 20.2. The van der Waals surface area contributed by atoms with Crippen molar-refractivity contribution < 1.29 is 13.9 Å². The maximum Gasteiger partial charge on any atom is 0.251 e. The number of aryl methyl sites for hydroxylation is 1. The van der Waals surface area contributed by atoms with E-state index >= 15 is 0 Å². The molecule has 0 fully saturated rings. The number of halogens is 2. The highest BCUT2D eigenvalue weighted by molar-refractivity contribution is 7.22. The number of carbonyl (C=O) groups excluding carboxylic acids is 1. The predicted molar refractivity (Wildman–Crippen MR) is 122 cm³/mol. The zero-order valence-corrected chi connectivity index (χ0v) is 18.4. The van der Waals surface area contributed by atoms with Crippen LogP contribution in [0, 0.1) is 0 Å². The minimum atomic E-state index is -0.402. The standard InChI is InChI=1S/C21H21ClFN5O2S/c1-28-17-6-3-13(19(29)24-8-10-30-9-2-7-23)11-16(17)25-20(28)27-21-26-15-5-4-14(22)12-18(15)31-21/h3-6,11-12H,2,7-10H2,1H3,(H,24,29)(H,25,26,27). The lowest BCUT2D eigenvalue weighted by Crippen LogP contribution is -2.27. The smallest absolute Gasteiger partial charge is 0.251 e. The average Bonchev–Trinajstić information content (AvgIpc) is 3.30. The number of nitrogens with one attached hydrogen (secondary N) is 2. The monoisotopic (exact) mass is 461 g/mol. The van der Waals surface area contributed by atoms with E-state index in [1.54, 1.807) is 12.1 Å². The molecule has 1 amide bonds. The van der Waals surface area contributed by atoms with E-state index < -0.39 is 6.67 Å². The summed E-state index contributed by atoms with van der Waals surface area (Å²) >= 11 is 7.55. The summed E-state index contributed by atoms with van der Waals surface area (Å²) in [5.74, 6) is 0.415. The Labute approximate surface area is 187 Å². The number of amides is 1. The number of alkyl halides is 1. The van der Waals surface area contributed by atoms with Gasteiger partial charge in [0.25, 0.3) is 5.91 Å². The molecule has 4 aromatic rings. The quantitative estimate of drug-likeness (QED) is 0.353. The topological polar surface area (TPSA) is 81.1 Å². The van der Waals surface area contributed by atoms with Gasteiger partial charge in [0, 0.05) is 30.8 Å². The van der Waals surface area contributed by atoms with Gasteiger partial charge in [0.1, 0.15) is 0 Å². The molecule has 0 aliphatic carbocycles. The lowest BCUT2D eigenvalue weighted by molar-refractivity contribution is 0.0909. The zero-order chi connectivity index (χ0) is 21.8. The van der Waals surface area contributed by atoms with E-state index in [1.807, 2.05) is 35.9 Å². The van der Waals surface area contributed by atoms with Crippen LogP contribution in [0.3, 0.4) is 0 Å². The third-order valence-electron chi connectivity index (χ3n) is 4.67. The van der Waals surface area contributed by atoms with Crippen molar-refractivity contribution in [1.82, 2.24) is 19.9 Å². The second-order valence-corrected chi connectivity index (χ2v) is 8.33. The van der Waals surface area contributed by atoms with Crippen molar-refractivity contribution in [2.45, 2.75) is 6.42 Å². The Morgan fingerprint density at radius 1 is 1.19 bits per heavy atom. The molecule has 31 heavy (non-hydrogen) atoms. The van der Waals surface area contributed by atoms with Gasteiger partial charge < -0.3 is 19.9 Å². The van der Waals surface area contributed by atoms with Crippen LogP contribution in [0.1, 0.15) is 16.8 Å². The van der Waals surface area contributed by atoms with Crippen LogP contribution in [-0.4, -0.2) is 46.9 Å². The Bertz CT molecular complexity index is 1230. The van der Waals surface area contributed by atoms with Crippen molar-refractivity contribution in [3.05, 3.63) is 47.0 Å². The minimum absolute atomic E-state index is 0.209. The largest absolute Gasteiger partial charge is 0.380 e. The number of ether oxygens (including phenoxy) is 1. The van der Waals surface area contributed by atoms with Gasteiger partial charge in [-0.15, -0.1) is 0 Å². The van der Waals surface area contributed by atoms with E-state index in [4.69, 9.17) is 16.3 Å². The summed E-state index contributed by atoms with van der Waals surface area (Å²) in [6, 6.07) is 10.9. The van der Waals surface area contributed by atoms with Gasteiger partial charge in [-0.05, 0) is 42.8 Å². The van der Waals surface area contributed by atoms with E-state index in [2.05, 4.69) is 20.6 Å². The number of aromatic nitrogens is 3. The fourth-order valence-electron chi connectivity index (χ4n) is 3.10. The van der Waals surface area contributed by atoms with E-state index in [0.29, 0.717) is 53.4 Å². The Balaban J connectivity index is 1.46. The molecule has 4 rings (SSSR count). The molecule has 2 heterocycles. The summed E-state index contributed by atoms with van der Waals surface area (Å²) in [6.07, 6.45) is 0.366. The molecule has 7 nitrogen and oxygen atoms in total. The first-order chi connectivity index (χ1) is 15.0. The first-order valence-electron chi connectivity index (χ1n) is 9.76. The molecule has 0 saturated carbocycles. The second kappa shape index (κ2) is 9.59. The van der Waals surface area contributed by atoms with Gasteiger partial charge in [0.15, 0.2) is 5.13 Å². The summed E-state index contributed by atoms with van der Waals surface area (Å²) in [4.78, 5) is 21.6. The second-order valence-electron chi connectivity index (χ2n) is 6.86. The van der Waals surface area contributed by atoms with Crippen molar-refractivity contribution in [3.63, 3.8) is 0 Å². The highest BCUT2D eigenvalue weighted by Gasteiger charge is 2.13. The van der Waals surface area contributed by atoms with Crippen molar-refractivity contribution in [3.8, 4) is 0 Å². The van der Waals surface area contributed by atoms with Crippen LogP contribution < -0.4 is 10.6 Å². The summed E-state index contributed by atoms with van der Waals surface area (Å²) in [5, 5.41) is 7.42. The first-order valence-corrected chi connectivity index (χ1v) is 11.0.